The average Bonchev–Trinajstić information content (AvgIpc) is 2.40. The maximum atomic E-state index is 9.91. The average molecular weight is 242 g/mol. The Morgan fingerprint density at radius 1 is 1.00 bits per heavy atom. The van der Waals surface area contributed by atoms with Crippen LogP contribution in [0.3, 0.4) is 0 Å². The summed E-state index contributed by atoms with van der Waals surface area (Å²) in [6.45, 7) is 2.11. The highest BCUT2D eigenvalue weighted by molar-refractivity contribution is 5.35. The number of para-hydroxylation sites is 2. The molecule has 0 bridgehead atoms. The van der Waals surface area contributed by atoms with Gasteiger partial charge in [0.05, 0.1) is 0 Å². The van der Waals surface area contributed by atoms with Gasteiger partial charge < -0.3 is 9.84 Å². The molecule has 1 atom stereocenters. The van der Waals surface area contributed by atoms with Crippen LogP contribution in [0, 0.1) is 0 Å². The van der Waals surface area contributed by atoms with Crippen molar-refractivity contribution in [3.05, 3.63) is 60.2 Å². The third-order valence-corrected chi connectivity index (χ3v) is 2.86. The summed E-state index contributed by atoms with van der Waals surface area (Å²) in [6.07, 6.45) is 1.79. The summed E-state index contributed by atoms with van der Waals surface area (Å²) < 4.78 is 5.96. The summed E-state index contributed by atoms with van der Waals surface area (Å²) >= 11 is 0. The Morgan fingerprint density at radius 3 is 2.33 bits per heavy atom. The van der Waals surface area contributed by atoms with Crippen LogP contribution in [0.1, 0.15) is 31.4 Å². The minimum Gasteiger partial charge on any atom is -0.508 e. The summed E-state index contributed by atoms with van der Waals surface area (Å²) in [5.74, 6) is 1.13. The molecule has 2 rings (SSSR count). The van der Waals surface area contributed by atoms with Crippen LogP contribution in [0.2, 0.25) is 0 Å². The Morgan fingerprint density at radius 2 is 1.67 bits per heavy atom. The Hall–Kier alpha value is -1.96. The fraction of sp³-hybridized carbons (Fsp3) is 0.250. The van der Waals surface area contributed by atoms with E-state index < -0.39 is 0 Å². The van der Waals surface area contributed by atoms with Crippen molar-refractivity contribution in [2.75, 3.05) is 0 Å². The van der Waals surface area contributed by atoms with Gasteiger partial charge in [0.15, 0.2) is 0 Å². The number of phenols is 1. The Bertz CT molecular complexity index is 479. The minimum absolute atomic E-state index is 0.0985. The lowest BCUT2D eigenvalue weighted by molar-refractivity contribution is 0.189. The van der Waals surface area contributed by atoms with Gasteiger partial charge in [-0.15, -0.1) is 0 Å². The summed E-state index contributed by atoms with van der Waals surface area (Å²) in [7, 11) is 0. The van der Waals surface area contributed by atoms with Crippen LogP contribution >= 0.6 is 0 Å². The van der Waals surface area contributed by atoms with Crippen molar-refractivity contribution in [1.82, 2.24) is 0 Å². The van der Waals surface area contributed by atoms with Crippen molar-refractivity contribution in [3.8, 4) is 11.5 Å². The number of ether oxygens (including phenoxy) is 1. The minimum atomic E-state index is -0.0985. The van der Waals surface area contributed by atoms with Crippen LogP contribution in [-0.2, 0) is 0 Å². The molecule has 1 N–H and O–H groups in total. The summed E-state index contributed by atoms with van der Waals surface area (Å²) in [5.41, 5.74) is 0.850. The molecule has 18 heavy (non-hydrogen) atoms. The van der Waals surface area contributed by atoms with Crippen LogP contribution in [0.5, 0.6) is 11.5 Å². The van der Waals surface area contributed by atoms with E-state index in [2.05, 4.69) is 6.92 Å². The van der Waals surface area contributed by atoms with Crippen LogP contribution in [-0.4, -0.2) is 5.11 Å². The molecule has 0 spiro atoms. The molecule has 0 saturated heterocycles. The second kappa shape index (κ2) is 6.10. The van der Waals surface area contributed by atoms with E-state index in [0.717, 1.165) is 24.2 Å². The molecule has 1 unspecified atom stereocenters. The second-order valence-corrected chi connectivity index (χ2v) is 4.27. The maximum absolute atomic E-state index is 9.91. The number of benzene rings is 2. The standard InChI is InChI=1S/C16H18O2/c1-2-8-16(14-11-6-7-12-15(14)17)18-13-9-4-3-5-10-13/h3-7,9-12,16-17H,2,8H2,1H3. The SMILES string of the molecule is CCCC(Oc1ccccc1)c1ccccc1O. The van der Waals surface area contributed by atoms with Crippen LogP contribution in [0.15, 0.2) is 54.6 Å². The molecular weight excluding hydrogens is 224 g/mol. The van der Waals surface area contributed by atoms with Crippen LogP contribution < -0.4 is 4.74 Å². The van der Waals surface area contributed by atoms with Gasteiger partial charge in [0.1, 0.15) is 17.6 Å². The van der Waals surface area contributed by atoms with Gasteiger partial charge in [-0.2, -0.15) is 0 Å². The van der Waals surface area contributed by atoms with Crippen molar-refractivity contribution in [3.63, 3.8) is 0 Å². The number of rotatable bonds is 5. The molecular formula is C16H18O2. The maximum Gasteiger partial charge on any atom is 0.127 e. The van der Waals surface area contributed by atoms with E-state index in [0.29, 0.717) is 5.75 Å². The third kappa shape index (κ3) is 3.04. The fourth-order valence-corrected chi connectivity index (χ4v) is 1.96. The topological polar surface area (TPSA) is 29.5 Å². The van der Waals surface area contributed by atoms with Gasteiger partial charge in [0, 0.05) is 5.56 Å². The first-order valence-corrected chi connectivity index (χ1v) is 6.31. The lowest BCUT2D eigenvalue weighted by Crippen LogP contribution is -2.07. The van der Waals surface area contributed by atoms with Crippen molar-refractivity contribution in [2.24, 2.45) is 0 Å². The first kappa shape index (κ1) is 12.5. The van der Waals surface area contributed by atoms with E-state index in [9.17, 15) is 5.11 Å². The van der Waals surface area contributed by atoms with Gasteiger partial charge in [-0.25, -0.2) is 0 Å². The van der Waals surface area contributed by atoms with Gasteiger partial charge in [-0.1, -0.05) is 49.7 Å². The lowest BCUT2D eigenvalue weighted by atomic mass is 10.0. The zero-order chi connectivity index (χ0) is 12.8. The smallest absolute Gasteiger partial charge is 0.127 e. The van der Waals surface area contributed by atoms with E-state index in [1.165, 1.54) is 0 Å². The Balaban J connectivity index is 2.21. The molecule has 0 heterocycles. The highest BCUT2D eigenvalue weighted by Gasteiger charge is 2.15. The quantitative estimate of drug-likeness (QED) is 0.846. The van der Waals surface area contributed by atoms with E-state index in [-0.39, 0.29) is 6.10 Å². The van der Waals surface area contributed by atoms with E-state index in [1.807, 2.05) is 48.5 Å². The van der Waals surface area contributed by atoms with Crippen molar-refractivity contribution in [1.29, 1.82) is 0 Å². The van der Waals surface area contributed by atoms with Crippen molar-refractivity contribution < 1.29 is 9.84 Å². The van der Waals surface area contributed by atoms with Gasteiger partial charge in [0.25, 0.3) is 0 Å². The predicted octanol–water partition coefficient (Wildman–Crippen LogP) is 4.31. The van der Waals surface area contributed by atoms with Gasteiger partial charge in [-0.3, -0.25) is 0 Å². The lowest BCUT2D eigenvalue weighted by Gasteiger charge is -2.19. The summed E-state index contributed by atoms with van der Waals surface area (Å²) in [6, 6.07) is 17.1. The predicted molar refractivity (Wildman–Crippen MR) is 72.8 cm³/mol. The second-order valence-electron chi connectivity index (χ2n) is 4.27. The molecule has 0 aliphatic heterocycles. The molecule has 0 radical (unpaired) electrons. The zero-order valence-corrected chi connectivity index (χ0v) is 10.5. The largest absolute Gasteiger partial charge is 0.508 e. The molecule has 0 saturated carbocycles. The van der Waals surface area contributed by atoms with E-state index >= 15 is 0 Å². The number of aromatic hydroxyl groups is 1. The number of phenolic OH excluding ortho intramolecular Hbond substituents is 1. The van der Waals surface area contributed by atoms with Gasteiger partial charge >= 0.3 is 0 Å². The molecule has 2 aromatic carbocycles. The molecule has 0 fully saturated rings. The molecule has 0 aliphatic rings. The molecule has 0 aromatic heterocycles. The molecule has 0 aliphatic carbocycles. The summed E-state index contributed by atoms with van der Waals surface area (Å²) in [4.78, 5) is 0. The Labute approximate surface area is 108 Å². The molecule has 2 aromatic rings. The highest BCUT2D eigenvalue weighted by Crippen LogP contribution is 2.31. The Kier molecular flexibility index (Phi) is 4.24. The van der Waals surface area contributed by atoms with E-state index in [4.69, 9.17) is 4.74 Å². The van der Waals surface area contributed by atoms with Crippen LogP contribution in [0.25, 0.3) is 0 Å². The number of hydrogen-bond acceptors (Lipinski definition) is 2. The van der Waals surface area contributed by atoms with Crippen LogP contribution in [0.4, 0.5) is 0 Å². The normalized spacial score (nSPS) is 12.1. The monoisotopic (exact) mass is 242 g/mol. The first-order chi connectivity index (χ1) is 8.81. The van der Waals surface area contributed by atoms with Crippen molar-refractivity contribution >= 4 is 0 Å². The van der Waals surface area contributed by atoms with E-state index in [1.54, 1.807) is 6.07 Å². The molecule has 2 heteroatoms. The molecule has 94 valence electrons. The molecule has 2 nitrogen and oxygen atoms in total. The highest BCUT2D eigenvalue weighted by atomic mass is 16.5. The fourth-order valence-electron chi connectivity index (χ4n) is 1.96. The number of hydrogen-bond donors (Lipinski definition) is 1. The summed E-state index contributed by atoms with van der Waals surface area (Å²) in [5, 5.41) is 9.91. The van der Waals surface area contributed by atoms with Gasteiger partial charge in [-0.05, 0) is 24.6 Å². The third-order valence-electron chi connectivity index (χ3n) is 2.86. The zero-order valence-electron chi connectivity index (χ0n) is 10.5. The van der Waals surface area contributed by atoms with Gasteiger partial charge in [0.2, 0.25) is 0 Å². The first-order valence-electron chi connectivity index (χ1n) is 6.31. The molecule has 0 amide bonds. The van der Waals surface area contributed by atoms with Crippen molar-refractivity contribution in [2.45, 2.75) is 25.9 Å².